The number of halogens is 1. The summed E-state index contributed by atoms with van der Waals surface area (Å²) in [7, 11) is 0. The fourth-order valence-corrected chi connectivity index (χ4v) is 3.14. The number of nitrogens with zero attached hydrogens (tertiary/aromatic N) is 4. The molecular weight excluding hydrogens is 330 g/mol. The van der Waals surface area contributed by atoms with Gasteiger partial charge in [-0.1, -0.05) is 23.4 Å². The standard InChI is InChI=1S/C12H10ClN5O3S/c13-9-3-2-7(18(20)21)6-8(9)10(19)14-11-15-16-12-17(11)4-1-5-22-12/h2-3,6H,1,4-5H2,(H,14,15,19). The Bertz CT molecular complexity index is 763. The summed E-state index contributed by atoms with van der Waals surface area (Å²) in [6.45, 7) is 0.716. The number of thioether (sulfide) groups is 1. The molecule has 1 N–H and O–H groups in total. The zero-order valence-corrected chi connectivity index (χ0v) is 12.7. The van der Waals surface area contributed by atoms with E-state index in [9.17, 15) is 14.9 Å². The SMILES string of the molecule is O=C(Nc1nnc2n1CCCS2)c1cc([N+](=O)[O-])ccc1Cl. The quantitative estimate of drug-likeness (QED) is 0.681. The van der Waals surface area contributed by atoms with Gasteiger partial charge < -0.3 is 0 Å². The topological polar surface area (TPSA) is 103 Å². The molecule has 1 aromatic heterocycles. The lowest BCUT2D eigenvalue weighted by Gasteiger charge is -2.14. The van der Waals surface area contributed by atoms with Crippen LogP contribution in [0.2, 0.25) is 5.02 Å². The van der Waals surface area contributed by atoms with Gasteiger partial charge in [-0.2, -0.15) is 0 Å². The Labute approximate surface area is 134 Å². The van der Waals surface area contributed by atoms with E-state index in [0.29, 0.717) is 12.5 Å². The van der Waals surface area contributed by atoms with Gasteiger partial charge in [-0.05, 0) is 12.5 Å². The molecule has 0 atom stereocenters. The van der Waals surface area contributed by atoms with E-state index in [4.69, 9.17) is 11.6 Å². The summed E-state index contributed by atoms with van der Waals surface area (Å²) in [5.41, 5.74) is -0.176. The van der Waals surface area contributed by atoms with E-state index in [1.54, 1.807) is 16.3 Å². The molecule has 0 unspecified atom stereocenters. The van der Waals surface area contributed by atoms with Gasteiger partial charge in [0.1, 0.15) is 0 Å². The molecule has 0 bridgehead atoms. The van der Waals surface area contributed by atoms with Crippen LogP contribution in [0.25, 0.3) is 0 Å². The highest BCUT2D eigenvalue weighted by molar-refractivity contribution is 7.99. The summed E-state index contributed by atoms with van der Waals surface area (Å²) in [4.78, 5) is 22.5. The number of nitro benzene ring substituents is 1. The molecular formula is C12H10ClN5O3S. The average Bonchev–Trinajstić information content (AvgIpc) is 2.90. The minimum Gasteiger partial charge on any atom is -0.290 e. The number of aromatic nitrogens is 3. The molecule has 1 amide bonds. The van der Waals surface area contributed by atoms with Crippen LogP contribution in [0.15, 0.2) is 23.4 Å². The number of hydrogen-bond acceptors (Lipinski definition) is 6. The largest absolute Gasteiger partial charge is 0.290 e. The van der Waals surface area contributed by atoms with Crippen LogP contribution in [-0.2, 0) is 6.54 Å². The minimum atomic E-state index is -0.581. The maximum atomic E-state index is 12.3. The van der Waals surface area contributed by atoms with Crippen molar-refractivity contribution in [3.63, 3.8) is 0 Å². The van der Waals surface area contributed by atoms with Crippen molar-refractivity contribution in [3.05, 3.63) is 38.9 Å². The first-order valence-electron chi connectivity index (χ1n) is 6.37. The summed E-state index contributed by atoms with van der Waals surface area (Å²) in [6, 6.07) is 3.71. The molecule has 0 radical (unpaired) electrons. The molecule has 0 saturated carbocycles. The van der Waals surface area contributed by atoms with Crippen LogP contribution in [-0.4, -0.2) is 31.3 Å². The van der Waals surface area contributed by atoms with Gasteiger partial charge in [-0.3, -0.25) is 24.8 Å². The van der Waals surface area contributed by atoms with Crippen LogP contribution < -0.4 is 5.32 Å². The molecule has 10 heteroatoms. The molecule has 1 aliphatic rings. The Balaban J connectivity index is 1.87. The van der Waals surface area contributed by atoms with Crippen molar-refractivity contribution >= 4 is 40.9 Å². The smallest absolute Gasteiger partial charge is 0.270 e. The molecule has 0 spiro atoms. The Morgan fingerprint density at radius 1 is 1.45 bits per heavy atom. The molecule has 22 heavy (non-hydrogen) atoms. The van der Waals surface area contributed by atoms with Gasteiger partial charge in [0, 0.05) is 24.4 Å². The maximum Gasteiger partial charge on any atom is 0.270 e. The Hall–Kier alpha value is -2.13. The normalized spacial score (nSPS) is 13.5. The average molecular weight is 340 g/mol. The highest BCUT2D eigenvalue weighted by Gasteiger charge is 2.21. The zero-order valence-electron chi connectivity index (χ0n) is 11.2. The van der Waals surface area contributed by atoms with Crippen LogP contribution in [0.3, 0.4) is 0 Å². The predicted molar refractivity (Wildman–Crippen MR) is 81.4 cm³/mol. The zero-order chi connectivity index (χ0) is 15.7. The maximum absolute atomic E-state index is 12.3. The first kappa shape index (κ1) is 14.8. The minimum absolute atomic E-state index is 0.0247. The Morgan fingerprint density at radius 3 is 3.05 bits per heavy atom. The lowest BCUT2D eigenvalue weighted by Crippen LogP contribution is -2.18. The van der Waals surface area contributed by atoms with Crippen molar-refractivity contribution in [3.8, 4) is 0 Å². The van der Waals surface area contributed by atoms with Gasteiger partial charge in [0.25, 0.3) is 11.6 Å². The number of nitro groups is 1. The van der Waals surface area contributed by atoms with E-state index in [1.165, 1.54) is 12.1 Å². The second kappa shape index (κ2) is 5.93. The van der Waals surface area contributed by atoms with Gasteiger partial charge in [-0.25, -0.2) is 0 Å². The fraction of sp³-hybridized carbons (Fsp3) is 0.250. The van der Waals surface area contributed by atoms with Gasteiger partial charge in [0.05, 0.1) is 15.5 Å². The van der Waals surface area contributed by atoms with Crippen LogP contribution in [0.4, 0.5) is 11.6 Å². The van der Waals surface area contributed by atoms with Crippen molar-refractivity contribution in [2.75, 3.05) is 11.1 Å². The van der Waals surface area contributed by atoms with Crippen molar-refractivity contribution in [1.29, 1.82) is 0 Å². The number of carbonyl (C=O) groups excluding carboxylic acids is 1. The van der Waals surface area contributed by atoms with Crippen LogP contribution >= 0.6 is 23.4 Å². The van der Waals surface area contributed by atoms with Crippen LogP contribution in [0.5, 0.6) is 0 Å². The summed E-state index contributed by atoms with van der Waals surface area (Å²) in [5.74, 6) is 0.720. The second-order valence-corrected chi connectivity index (χ2v) is 6.00. The van der Waals surface area contributed by atoms with Crippen molar-refractivity contribution in [2.24, 2.45) is 0 Å². The number of anilines is 1. The van der Waals surface area contributed by atoms with Gasteiger partial charge >= 0.3 is 0 Å². The number of hydrogen-bond donors (Lipinski definition) is 1. The summed E-state index contributed by atoms with van der Waals surface area (Å²) in [5, 5.41) is 22.2. The van der Waals surface area contributed by atoms with Gasteiger partial charge in [-0.15, -0.1) is 10.2 Å². The molecule has 0 fully saturated rings. The molecule has 0 saturated heterocycles. The summed E-state index contributed by atoms with van der Waals surface area (Å²) < 4.78 is 1.80. The number of fused-ring (bicyclic) bond motifs is 1. The van der Waals surface area contributed by atoms with E-state index >= 15 is 0 Å². The summed E-state index contributed by atoms with van der Waals surface area (Å²) in [6.07, 6.45) is 0.955. The van der Waals surface area contributed by atoms with Crippen LogP contribution in [0.1, 0.15) is 16.8 Å². The molecule has 2 aromatic rings. The third kappa shape index (κ3) is 2.77. The highest BCUT2D eigenvalue weighted by Crippen LogP contribution is 2.27. The van der Waals surface area contributed by atoms with E-state index in [1.807, 2.05) is 0 Å². The van der Waals surface area contributed by atoms with Crippen molar-refractivity contribution in [1.82, 2.24) is 14.8 Å². The lowest BCUT2D eigenvalue weighted by molar-refractivity contribution is -0.384. The molecule has 1 aromatic carbocycles. The van der Waals surface area contributed by atoms with Crippen LogP contribution in [0, 0.1) is 10.1 Å². The number of non-ortho nitro benzene ring substituents is 1. The molecule has 2 heterocycles. The number of rotatable bonds is 3. The van der Waals surface area contributed by atoms with Crippen molar-refractivity contribution < 1.29 is 9.72 Å². The van der Waals surface area contributed by atoms with E-state index < -0.39 is 10.8 Å². The Morgan fingerprint density at radius 2 is 2.27 bits per heavy atom. The molecule has 8 nitrogen and oxygen atoms in total. The number of benzene rings is 1. The Kier molecular flexibility index (Phi) is 3.99. The van der Waals surface area contributed by atoms with Crippen molar-refractivity contribution in [2.45, 2.75) is 18.1 Å². The van der Waals surface area contributed by atoms with E-state index in [2.05, 4.69) is 15.5 Å². The third-order valence-electron chi connectivity index (χ3n) is 3.10. The van der Waals surface area contributed by atoms with Gasteiger partial charge in [0.2, 0.25) is 5.95 Å². The predicted octanol–water partition coefficient (Wildman–Crippen LogP) is 2.59. The number of nitrogens with one attached hydrogen (secondary N) is 1. The monoisotopic (exact) mass is 339 g/mol. The van der Waals surface area contributed by atoms with E-state index in [0.717, 1.165) is 23.4 Å². The molecule has 3 rings (SSSR count). The van der Waals surface area contributed by atoms with Gasteiger partial charge in [0.15, 0.2) is 5.16 Å². The van der Waals surface area contributed by atoms with E-state index in [-0.39, 0.29) is 16.3 Å². The fourth-order valence-electron chi connectivity index (χ4n) is 2.05. The second-order valence-electron chi connectivity index (χ2n) is 4.54. The molecule has 0 aliphatic carbocycles. The molecule has 1 aliphatic heterocycles. The first-order chi connectivity index (χ1) is 10.6. The lowest BCUT2D eigenvalue weighted by atomic mass is 10.2. The molecule has 114 valence electrons. The summed E-state index contributed by atoms with van der Waals surface area (Å²) >= 11 is 7.51. The highest BCUT2D eigenvalue weighted by atomic mass is 35.5. The number of carbonyl (C=O) groups is 1. The number of amides is 1. The first-order valence-corrected chi connectivity index (χ1v) is 7.74. The third-order valence-corrected chi connectivity index (χ3v) is 4.49.